The molecule has 1 saturated carbocycles. The maximum atomic E-state index is 13.2. The molecule has 0 saturated heterocycles. The van der Waals surface area contributed by atoms with E-state index >= 15 is 0 Å². The second-order valence-electron chi connectivity index (χ2n) is 5.02. The summed E-state index contributed by atoms with van der Waals surface area (Å²) in [5, 5.41) is 10.8. The van der Waals surface area contributed by atoms with Crippen LogP contribution < -0.4 is 0 Å². The Morgan fingerprint density at radius 1 is 1.40 bits per heavy atom. The minimum atomic E-state index is -1.34. The van der Waals surface area contributed by atoms with Gasteiger partial charge in [-0.1, -0.05) is 6.42 Å². The van der Waals surface area contributed by atoms with Crippen LogP contribution in [0.15, 0.2) is 12.1 Å². The average molecular weight is 284 g/mol. The van der Waals surface area contributed by atoms with Crippen LogP contribution in [0.25, 0.3) is 0 Å². The topological polar surface area (TPSA) is 63.5 Å². The number of nitrogens with zero attached hydrogens (tertiary/aromatic N) is 2. The largest absolute Gasteiger partial charge is 0.341 e. The first-order chi connectivity index (χ1) is 9.40. The van der Waals surface area contributed by atoms with Gasteiger partial charge in [0.25, 0.3) is 11.6 Å². The van der Waals surface area contributed by atoms with Crippen molar-refractivity contribution in [2.24, 2.45) is 5.92 Å². The molecule has 1 amide bonds. The summed E-state index contributed by atoms with van der Waals surface area (Å²) in [5.74, 6) is -2.89. The quantitative estimate of drug-likeness (QED) is 0.631. The zero-order valence-corrected chi connectivity index (χ0v) is 10.9. The van der Waals surface area contributed by atoms with Crippen LogP contribution in [0.5, 0.6) is 0 Å². The third-order valence-electron chi connectivity index (χ3n) is 3.57. The van der Waals surface area contributed by atoms with Crippen LogP contribution in [0.4, 0.5) is 14.5 Å². The molecule has 0 atom stereocenters. The molecule has 1 aliphatic carbocycles. The highest BCUT2D eigenvalue weighted by Gasteiger charge is 2.28. The molecule has 0 radical (unpaired) electrons. The summed E-state index contributed by atoms with van der Waals surface area (Å²) in [7, 11) is 1.51. The number of rotatable bonds is 4. The lowest BCUT2D eigenvalue weighted by molar-refractivity contribution is -0.385. The van der Waals surface area contributed by atoms with Gasteiger partial charge in [0.05, 0.1) is 11.0 Å². The van der Waals surface area contributed by atoms with E-state index in [4.69, 9.17) is 0 Å². The summed E-state index contributed by atoms with van der Waals surface area (Å²) in [4.78, 5) is 23.4. The molecule has 1 aromatic rings. The molecule has 0 unspecified atom stereocenters. The fourth-order valence-corrected chi connectivity index (χ4v) is 2.21. The molecule has 2 rings (SSSR count). The summed E-state index contributed by atoms with van der Waals surface area (Å²) in [6, 6.07) is 1.03. The van der Waals surface area contributed by atoms with Gasteiger partial charge in [0.2, 0.25) is 0 Å². The SMILES string of the molecule is CN(CC1CCC1)C(=O)c1cc(F)c(F)cc1[N+](=O)[O-]. The fraction of sp³-hybridized carbons (Fsp3) is 0.462. The highest BCUT2D eigenvalue weighted by Crippen LogP contribution is 2.28. The molecule has 0 aromatic heterocycles. The van der Waals surface area contributed by atoms with Crippen LogP contribution in [-0.2, 0) is 0 Å². The Morgan fingerprint density at radius 2 is 2.00 bits per heavy atom. The van der Waals surface area contributed by atoms with Gasteiger partial charge in [-0.05, 0) is 24.8 Å². The molecule has 108 valence electrons. The highest BCUT2D eigenvalue weighted by atomic mass is 19.2. The molecule has 0 spiro atoms. The van der Waals surface area contributed by atoms with E-state index in [1.165, 1.54) is 11.9 Å². The molecule has 0 heterocycles. The smallest absolute Gasteiger partial charge is 0.285 e. The third-order valence-corrected chi connectivity index (χ3v) is 3.57. The van der Waals surface area contributed by atoms with Crippen LogP contribution >= 0.6 is 0 Å². The molecule has 1 fully saturated rings. The first kappa shape index (κ1) is 14.4. The summed E-state index contributed by atoms with van der Waals surface area (Å²) < 4.78 is 26.3. The monoisotopic (exact) mass is 284 g/mol. The molecule has 7 heteroatoms. The Labute approximate surface area is 114 Å². The van der Waals surface area contributed by atoms with Crippen molar-refractivity contribution in [1.82, 2.24) is 4.90 Å². The van der Waals surface area contributed by atoms with E-state index < -0.39 is 33.7 Å². The number of hydrogen-bond acceptors (Lipinski definition) is 3. The number of carbonyl (C=O) groups excluding carboxylic acids is 1. The van der Waals surface area contributed by atoms with E-state index in [0.29, 0.717) is 24.6 Å². The van der Waals surface area contributed by atoms with Crippen LogP contribution in [-0.4, -0.2) is 29.3 Å². The summed E-state index contributed by atoms with van der Waals surface area (Å²) >= 11 is 0. The van der Waals surface area contributed by atoms with Gasteiger partial charge < -0.3 is 4.90 Å². The first-order valence-corrected chi connectivity index (χ1v) is 6.29. The Bertz CT molecular complexity index is 559. The summed E-state index contributed by atoms with van der Waals surface area (Å²) in [5.41, 5.74) is -1.13. The Balaban J connectivity index is 2.27. The van der Waals surface area contributed by atoms with E-state index in [1.807, 2.05) is 0 Å². The van der Waals surface area contributed by atoms with E-state index in [2.05, 4.69) is 0 Å². The van der Waals surface area contributed by atoms with Gasteiger partial charge in [-0.15, -0.1) is 0 Å². The zero-order chi connectivity index (χ0) is 14.9. The molecule has 0 N–H and O–H groups in total. The van der Waals surface area contributed by atoms with E-state index in [1.54, 1.807) is 0 Å². The highest BCUT2D eigenvalue weighted by molar-refractivity contribution is 5.98. The van der Waals surface area contributed by atoms with Crippen molar-refractivity contribution in [3.05, 3.63) is 39.4 Å². The lowest BCUT2D eigenvalue weighted by Crippen LogP contribution is -2.34. The van der Waals surface area contributed by atoms with E-state index in [-0.39, 0.29) is 0 Å². The summed E-state index contributed by atoms with van der Waals surface area (Å²) in [6.07, 6.45) is 3.13. The second-order valence-corrected chi connectivity index (χ2v) is 5.02. The third kappa shape index (κ3) is 2.76. The average Bonchev–Trinajstić information content (AvgIpc) is 2.35. The van der Waals surface area contributed by atoms with E-state index in [0.717, 1.165) is 19.3 Å². The molecule has 20 heavy (non-hydrogen) atoms. The molecular formula is C13H14F2N2O3. The van der Waals surface area contributed by atoms with Crippen LogP contribution in [0, 0.1) is 27.7 Å². The number of nitro benzene ring substituents is 1. The Morgan fingerprint density at radius 3 is 2.50 bits per heavy atom. The van der Waals surface area contributed by atoms with Gasteiger partial charge in [-0.2, -0.15) is 0 Å². The number of benzene rings is 1. The maximum absolute atomic E-state index is 13.2. The molecule has 0 bridgehead atoms. The number of nitro groups is 1. The maximum Gasteiger partial charge on any atom is 0.285 e. The minimum absolute atomic E-state index is 0.383. The zero-order valence-electron chi connectivity index (χ0n) is 10.9. The normalized spacial score (nSPS) is 14.8. The number of carbonyl (C=O) groups is 1. The lowest BCUT2D eigenvalue weighted by atomic mass is 9.85. The number of amides is 1. The molecule has 1 aromatic carbocycles. The number of hydrogen-bond donors (Lipinski definition) is 0. The van der Waals surface area contributed by atoms with Crippen molar-refractivity contribution in [1.29, 1.82) is 0 Å². The van der Waals surface area contributed by atoms with Gasteiger partial charge in [-0.25, -0.2) is 8.78 Å². The number of halogens is 2. The van der Waals surface area contributed by atoms with Crippen molar-refractivity contribution in [3.63, 3.8) is 0 Å². The van der Waals surface area contributed by atoms with Crippen molar-refractivity contribution in [2.45, 2.75) is 19.3 Å². The lowest BCUT2D eigenvalue weighted by Gasteiger charge is -2.30. The van der Waals surface area contributed by atoms with E-state index in [9.17, 15) is 23.7 Å². The molecule has 0 aliphatic heterocycles. The Kier molecular flexibility index (Phi) is 3.96. The summed E-state index contributed by atoms with van der Waals surface area (Å²) in [6.45, 7) is 0.467. The van der Waals surface area contributed by atoms with Crippen LogP contribution in [0.2, 0.25) is 0 Å². The van der Waals surface area contributed by atoms with Crippen molar-refractivity contribution in [2.75, 3.05) is 13.6 Å². The first-order valence-electron chi connectivity index (χ1n) is 6.29. The minimum Gasteiger partial charge on any atom is -0.341 e. The predicted octanol–water partition coefficient (Wildman–Crippen LogP) is 2.75. The van der Waals surface area contributed by atoms with Gasteiger partial charge in [0, 0.05) is 13.6 Å². The van der Waals surface area contributed by atoms with Crippen LogP contribution in [0.1, 0.15) is 29.6 Å². The molecular weight excluding hydrogens is 270 g/mol. The van der Waals surface area contributed by atoms with Crippen molar-refractivity contribution < 1.29 is 18.5 Å². The standard InChI is InChI=1S/C13H14F2N2O3/c1-16(7-8-3-2-4-8)13(18)9-5-10(14)11(15)6-12(9)17(19)20/h5-6,8H,2-4,7H2,1H3. The van der Waals surface area contributed by atoms with Crippen LogP contribution in [0.3, 0.4) is 0 Å². The van der Waals surface area contributed by atoms with Gasteiger partial charge in [0.1, 0.15) is 5.56 Å². The van der Waals surface area contributed by atoms with Gasteiger partial charge in [0.15, 0.2) is 11.6 Å². The molecule has 1 aliphatic rings. The van der Waals surface area contributed by atoms with Gasteiger partial charge >= 0.3 is 0 Å². The fourth-order valence-electron chi connectivity index (χ4n) is 2.21. The van der Waals surface area contributed by atoms with Crippen molar-refractivity contribution >= 4 is 11.6 Å². The molecule has 5 nitrogen and oxygen atoms in total. The van der Waals surface area contributed by atoms with Crippen molar-refractivity contribution in [3.8, 4) is 0 Å². The van der Waals surface area contributed by atoms with Gasteiger partial charge in [-0.3, -0.25) is 14.9 Å². The Hall–Kier alpha value is -2.05. The second kappa shape index (κ2) is 5.52. The predicted molar refractivity (Wildman–Crippen MR) is 67.3 cm³/mol.